The summed E-state index contributed by atoms with van der Waals surface area (Å²) in [7, 11) is 0. The SMILES string of the molecule is CCCC(CCC)SNc1cccc(CCCN)c1. The molecule has 0 saturated carbocycles. The van der Waals surface area contributed by atoms with Gasteiger partial charge >= 0.3 is 0 Å². The van der Waals surface area contributed by atoms with E-state index >= 15 is 0 Å². The van der Waals surface area contributed by atoms with Crippen LogP contribution in [0.25, 0.3) is 0 Å². The van der Waals surface area contributed by atoms with Gasteiger partial charge in [-0.15, -0.1) is 0 Å². The molecule has 0 aromatic heterocycles. The van der Waals surface area contributed by atoms with E-state index in [4.69, 9.17) is 5.73 Å². The van der Waals surface area contributed by atoms with Crippen LogP contribution in [0.3, 0.4) is 0 Å². The Bertz CT molecular complexity index is 335. The largest absolute Gasteiger partial charge is 0.330 e. The van der Waals surface area contributed by atoms with Gasteiger partial charge in [-0.3, -0.25) is 0 Å². The Balaban J connectivity index is 2.46. The van der Waals surface area contributed by atoms with Crippen LogP contribution >= 0.6 is 11.9 Å². The first-order valence-corrected chi connectivity index (χ1v) is 8.38. The molecular weight excluding hydrogens is 252 g/mol. The highest BCUT2D eigenvalue weighted by Gasteiger charge is 2.07. The molecule has 1 rings (SSSR count). The van der Waals surface area contributed by atoms with E-state index in [1.54, 1.807) is 0 Å². The van der Waals surface area contributed by atoms with Crippen molar-refractivity contribution in [3.63, 3.8) is 0 Å². The molecule has 3 heteroatoms. The molecule has 1 aromatic rings. The standard InChI is InChI=1S/C16H28N2S/c1-3-7-16(8-4-2)19-18-15-11-5-9-14(13-15)10-6-12-17/h5,9,11,13,16,18H,3-4,6-8,10,12,17H2,1-2H3. The molecule has 0 fully saturated rings. The van der Waals surface area contributed by atoms with Crippen molar-refractivity contribution in [1.82, 2.24) is 0 Å². The summed E-state index contributed by atoms with van der Waals surface area (Å²) in [5.74, 6) is 0. The zero-order chi connectivity index (χ0) is 13.9. The lowest BCUT2D eigenvalue weighted by atomic mass is 10.1. The molecule has 1 aromatic carbocycles. The molecule has 0 heterocycles. The molecule has 0 unspecified atom stereocenters. The minimum Gasteiger partial charge on any atom is -0.330 e. The van der Waals surface area contributed by atoms with Gasteiger partial charge in [0.15, 0.2) is 0 Å². The fraction of sp³-hybridized carbons (Fsp3) is 0.625. The summed E-state index contributed by atoms with van der Waals surface area (Å²) in [6.45, 7) is 5.29. The number of rotatable bonds is 10. The van der Waals surface area contributed by atoms with Gasteiger partial charge in [-0.25, -0.2) is 0 Å². The summed E-state index contributed by atoms with van der Waals surface area (Å²) in [4.78, 5) is 0. The Hall–Kier alpha value is -0.670. The third kappa shape index (κ3) is 6.88. The van der Waals surface area contributed by atoms with E-state index in [1.807, 2.05) is 11.9 Å². The van der Waals surface area contributed by atoms with Crippen molar-refractivity contribution in [2.24, 2.45) is 5.73 Å². The van der Waals surface area contributed by atoms with E-state index in [9.17, 15) is 0 Å². The maximum absolute atomic E-state index is 5.56. The molecule has 3 N–H and O–H groups in total. The normalized spacial score (nSPS) is 10.9. The molecule has 0 aliphatic heterocycles. The number of aryl methyl sites for hydroxylation is 1. The van der Waals surface area contributed by atoms with Crippen LogP contribution in [0.1, 0.15) is 51.5 Å². The van der Waals surface area contributed by atoms with Gasteiger partial charge in [0.2, 0.25) is 0 Å². The number of hydrogen-bond acceptors (Lipinski definition) is 3. The average molecular weight is 280 g/mol. The van der Waals surface area contributed by atoms with Crippen molar-refractivity contribution in [1.29, 1.82) is 0 Å². The molecule has 2 nitrogen and oxygen atoms in total. The molecular formula is C16H28N2S. The van der Waals surface area contributed by atoms with Crippen LogP contribution in [0.2, 0.25) is 0 Å². The second kappa shape index (κ2) is 10.2. The zero-order valence-corrected chi connectivity index (χ0v) is 13.1. The summed E-state index contributed by atoms with van der Waals surface area (Å²) in [6.07, 6.45) is 7.23. The molecule has 0 bridgehead atoms. The van der Waals surface area contributed by atoms with Crippen molar-refractivity contribution in [3.8, 4) is 0 Å². The number of benzene rings is 1. The number of nitrogens with one attached hydrogen (secondary N) is 1. The first-order chi connectivity index (χ1) is 9.30. The van der Waals surface area contributed by atoms with Gasteiger partial charge in [0.05, 0.1) is 0 Å². The number of anilines is 1. The van der Waals surface area contributed by atoms with Gasteiger partial charge in [-0.2, -0.15) is 0 Å². The summed E-state index contributed by atoms with van der Waals surface area (Å²) in [6, 6.07) is 8.70. The van der Waals surface area contributed by atoms with Crippen LogP contribution in [0, 0.1) is 0 Å². The molecule has 0 aliphatic rings. The fourth-order valence-electron chi connectivity index (χ4n) is 2.15. The van der Waals surface area contributed by atoms with Crippen molar-refractivity contribution in [2.75, 3.05) is 11.3 Å². The molecule has 0 atom stereocenters. The lowest BCUT2D eigenvalue weighted by Gasteiger charge is -2.16. The highest BCUT2D eigenvalue weighted by Crippen LogP contribution is 2.24. The Morgan fingerprint density at radius 2 is 1.95 bits per heavy atom. The van der Waals surface area contributed by atoms with Crippen molar-refractivity contribution in [3.05, 3.63) is 29.8 Å². The zero-order valence-electron chi connectivity index (χ0n) is 12.3. The van der Waals surface area contributed by atoms with Crippen molar-refractivity contribution >= 4 is 17.6 Å². The second-order valence-electron chi connectivity index (χ2n) is 5.01. The van der Waals surface area contributed by atoms with Crippen LogP contribution in [-0.2, 0) is 6.42 Å². The van der Waals surface area contributed by atoms with Crippen molar-refractivity contribution < 1.29 is 0 Å². The quantitative estimate of drug-likeness (QED) is 0.615. The van der Waals surface area contributed by atoms with E-state index in [0.29, 0.717) is 0 Å². The van der Waals surface area contributed by atoms with E-state index in [1.165, 1.54) is 36.9 Å². The lowest BCUT2D eigenvalue weighted by molar-refractivity contribution is 0.674. The Kier molecular flexibility index (Phi) is 8.76. The van der Waals surface area contributed by atoms with Gasteiger partial charge in [-0.1, -0.05) is 38.8 Å². The molecule has 0 saturated heterocycles. The lowest BCUT2D eigenvalue weighted by Crippen LogP contribution is -2.05. The summed E-state index contributed by atoms with van der Waals surface area (Å²) >= 11 is 1.88. The van der Waals surface area contributed by atoms with E-state index in [0.717, 1.165) is 24.6 Å². The third-order valence-electron chi connectivity index (χ3n) is 3.16. The average Bonchev–Trinajstić information content (AvgIpc) is 2.43. The minimum absolute atomic E-state index is 0.725. The maximum Gasteiger partial charge on any atom is 0.0442 e. The van der Waals surface area contributed by atoms with Crippen LogP contribution in [-0.4, -0.2) is 11.8 Å². The molecule has 108 valence electrons. The topological polar surface area (TPSA) is 38.0 Å². The monoisotopic (exact) mass is 280 g/mol. The van der Waals surface area contributed by atoms with Crippen LogP contribution < -0.4 is 10.5 Å². The van der Waals surface area contributed by atoms with Crippen molar-refractivity contribution in [2.45, 2.75) is 57.6 Å². The van der Waals surface area contributed by atoms with E-state index < -0.39 is 0 Å². The maximum atomic E-state index is 5.56. The Morgan fingerprint density at radius 3 is 2.58 bits per heavy atom. The summed E-state index contributed by atoms with van der Waals surface area (Å²) in [5.41, 5.74) is 8.15. The van der Waals surface area contributed by atoms with Crippen LogP contribution in [0.4, 0.5) is 5.69 Å². The van der Waals surface area contributed by atoms with Gasteiger partial charge in [-0.05, 0) is 61.9 Å². The fourth-order valence-corrected chi connectivity index (χ4v) is 3.29. The molecule has 0 radical (unpaired) electrons. The van der Waals surface area contributed by atoms with Gasteiger partial charge < -0.3 is 10.5 Å². The summed E-state index contributed by atoms with van der Waals surface area (Å²) in [5, 5.41) is 0.725. The highest BCUT2D eigenvalue weighted by atomic mass is 32.2. The number of nitrogens with two attached hydrogens (primary N) is 1. The molecule has 0 aliphatic carbocycles. The third-order valence-corrected chi connectivity index (χ3v) is 4.32. The number of hydrogen-bond donors (Lipinski definition) is 2. The van der Waals surface area contributed by atoms with Gasteiger partial charge in [0.25, 0.3) is 0 Å². The van der Waals surface area contributed by atoms with Gasteiger partial charge in [0.1, 0.15) is 0 Å². The van der Waals surface area contributed by atoms with Crippen LogP contribution in [0.5, 0.6) is 0 Å². The highest BCUT2D eigenvalue weighted by molar-refractivity contribution is 8.01. The Morgan fingerprint density at radius 1 is 1.21 bits per heavy atom. The van der Waals surface area contributed by atoms with E-state index in [2.05, 4.69) is 42.8 Å². The molecule has 0 spiro atoms. The predicted octanol–water partition coefficient (Wildman–Crippen LogP) is 4.61. The minimum atomic E-state index is 0.725. The molecule has 0 amide bonds. The second-order valence-corrected chi connectivity index (χ2v) is 6.12. The van der Waals surface area contributed by atoms with E-state index in [-0.39, 0.29) is 0 Å². The van der Waals surface area contributed by atoms with Gasteiger partial charge in [0, 0.05) is 10.9 Å². The first-order valence-electron chi connectivity index (χ1n) is 7.50. The summed E-state index contributed by atoms with van der Waals surface area (Å²) < 4.78 is 3.52. The molecule has 19 heavy (non-hydrogen) atoms. The Labute approximate surface area is 122 Å². The predicted molar refractivity (Wildman–Crippen MR) is 88.6 cm³/mol. The smallest absolute Gasteiger partial charge is 0.0442 e. The first kappa shape index (κ1) is 16.4. The van der Waals surface area contributed by atoms with Crippen LogP contribution in [0.15, 0.2) is 24.3 Å².